The van der Waals surface area contributed by atoms with Crippen molar-refractivity contribution in [3.63, 3.8) is 0 Å². The second kappa shape index (κ2) is 12.1. The first-order chi connectivity index (χ1) is 18.8. The van der Waals surface area contributed by atoms with Gasteiger partial charge in [-0.05, 0) is 66.2 Å². The predicted octanol–water partition coefficient (Wildman–Crippen LogP) is 7.11. The summed E-state index contributed by atoms with van der Waals surface area (Å²) in [5.41, 5.74) is 0.276. The van der Waals surface area contributed by atoms with Crippen LogP contribution in [0.5, 0.6) is 11.5 Å². The highest BCUT2D eigenvalue weighted by Crippen LogP contribution is 2.38. The van der Waals surface area contributed by atoms with Crippen LogP contribution in [0.4, 0.5) is 23.7 Å². The molecule has 0 aromatic heterocycles. The highest BCUT2D eigenvalue weighted by Gasteiger charge is 2.40. The van der Waals surface area contributed by atoms with Crippen molar-refractivity contribution < 1.29 is 27.4 Å². The Labute approximate surface area is 234 Å². The number of halogens is 4. The summed E-state index contributed by atoms with van der Waals surface area (Å²) in [6.07, 6.45) is -4.47. The quantitative estimate of drug-likeness (QED) is 0.267. The molecule has 3 aromatic carbocycles. The van der Waals surface area contributed by atoms with Crippen molar-refractivity contribution >= 4 is 35.3 Å². The smallest absolute Gasteiger partial charge is 0.416 e. The summed E-state index contributed by atoms with van der Waals surface area (Å²) in [6, 6.07) is 18.3. The zero-order valence-electron chi connectivity index (χ0n) is 20.9. The van der Waals surface area contributed by atoms with Crippen molar-refractivity contribution in [2.24, 2.45) is 0 Å². The Morgan fingerprint density at radius 3 is 2.31 bits per heavy atom. The first-order valence-electron chi connectivity index (χ1n) is 12.5. The molecule has 1 atom stereocenters. The fourth-order valence-corrected chi connectivity index (χ4v) is 5.67. The van der Waals surface area contributed by atoms with Crippen molar-refractivity contribution in [3.8, 4) is 11.5 Å². The first-order valence-corrected chi connectivity index (χ1v) is 13.8. The number of nitrogens with zero attached hydrogens (tertiary/aromatic N) is 3. The number of carbonyl (C=O) groups is 1. The molecular formula is C28H27ClF3N3O3S. The summed E-state index contributed by atoms with van der Waals surface area (Å²) < 4.78 is 53.9. The molecule has 206 valence electrons. The van der Waals surface area contributed by atoms with E-state index in [-0.39, 0.29) is 12.6 Å². The molecule has 11 heteroatoms. The van der Waals surface area contributed by atoms with Crippen LogP contribution in [0.1, 0.15) is 17.2 Å². The SMILES string of the molecule is O=C1N(CCSN2CCOCC2)CC(c2cccc(C(F)(F)F)c2)N1c1ccc(Oc2ccc(Cl)cc2)cc1. The number of amides is 2. The standard InChI is InChI=1S/C28H27ClF3N3O3S/c29-22-4-8-24(9-5-22)38-25-10-6-23(7-11-25)35-26(20-2-1-3-21(18-20)28(30,31)32)19-33(27(35)36)14-17-39-34-12-15-37-16-13-34/h1-11,18,26H,12-17,19H2. The summed E-state index contributed by atoms with van der Waals surface area (Å²) in [5, 5.41) is 0.596. The molecule has 3 aromatic rings. The molecule has 2 fully saturated rings. The van der Waals surface area contributed by atoms with E-state index in [0.717, 1.165) is 25.2 Å². The molecule has 5 rings (SSSR count). The largest absolute Gasteiger partial charge is 0.457 e. The van der Waals surface area contributed by atoms with E-state index in [0.29, 0.717) is 53.3 Å². The fourth-order valence-electron chi connectivity index (χ4n) is 4.58. The molecule has 2 saturated heterocycles. The van der Waals surface area contributed by atoms with E-state index >= 15 is 0 Å². The third kappa shape index (κ3) is 6.81. The van der Waals surface area contributed by atoms with Gasteiger partial charge in [0.25, 0.3) is 0 Å². The van der Waals surface area contributed by atoms with Gasteiger partial charge in [0.15, 0.2) is 0 Å². The van der Waals surface area contributed by atoms with Gasteiger partial charge in [0.05, 0.1) is 24.8 Å². The molecule has 2 heterocycles. The lowest BCUT2D eigenvalue weighted by atomic mass is 10.0. The van der Waals surface area contributed by atoms with Crippen molar-refractivity contribution in [3.05, 3.63) is 88.9 Å². The fraction of sp³-hybridized carbons (Fsp3) is 0.321. The van der Waals surface area contributed by atoms with E-state index in [9.17, 15) is 18.0 Å². The van der Waals surface area contributed by atoms with Crippen LogP contribution >= 0.6 is 23.5 Å². The number of anilines is 1. The molecule has 2 amide bonds. The average molecular weight is 578 g/mol. The van der Waals surface area contributed by atoms with Gasteiger partial charge < -0.3 is 14.4 Å². The number of urea groups is 1. The molecule has 0 spiro atoms. The lowest BCUT2D eigenvalue weighted by Gasteiger charge is -2.26. The zero-order chi connectivity index (χ0) is 27.4. The van der Waals surface area contributed by atoms with Crippen LogP contribution in [0.25, 0.3) is 0 Å². The monoisotopic (exact) mass is 577 g/mol. The van der Waals surface area contributed by atoms with Crippen LogP contribution < -0.4 is 9.64 Å². The third-order valence-corrected chi connectivity index (χ3v) is 7.90. The highest BCUT2D eigenvalue weighted by molar-refractivity contribution is 7.97. The van der Waals surface area contributed by atoms with E-state index in [4.69, 9.17) is 21.1 Å². The number of alkyl halides is 3. The van der Waals surface area contributed by atoms with E-state index < -0.39 is 17.8 Å². The molecule has 2 aliphatic rings. The van der Waals surface area contributed by atoms with Crippen LogP contribution in [0.15, 0.2) is 72.8 Å². The van der Waals surface area contributed by atoms with Gasteiger partial charge in [0, 0.05) is 42.6 Å². The molecule has 0 bridgehead atoms. The predicted molar refractivity (Wildman–Crippen MR) is 146 cm³/mol. The van der Waals surface area contributed by atoms with Crippen LogP contribution in [-0.4, -0.2) is 60.4 Å². The van der Waals surface area contributed by atoms with Gasteiger partial charge >= 0.3 is 12.2 Å². The maximum Gasteiger partial charge on any atom is 0.416 e. The average Bonchev–Trinajstić information content (AvgIpc) is 3.26. The number of benzene rings is 3. The lowest BCUT2D eigenvalue weighted by Crippen LogP contribution is -2.35. The Balaban J connectivity index is 1.36. The van der Waals surface area contributed by atoms with Gasteiger partial charge in [-0.3, -0.25) is 4.90 Å². The maximum absolute atomic E-state index is 13.6. The molecule has 2 aliphatic heterocycles. The van der Waals surface area contributed by atoms with Gasteiger partial charge in [0.1, 0.15) is 11.5 Å². The number of ether oxygens (including phenoxy) is 2. The summed E-state index contributed by atoms with van der Waals surface area (Å²) in [4.78, 5) is 16.9. The van der Waals surface area contributed by atoms with Gasteiger partial charge in [0.2, 0.25) is 0 Å². The molecule has 0 N–H and O–H groups in total. The summed E-state index contributed by atoms with van der Waals surface area (Å²) in [5.74, 6) is 1.85. The number of morpholine rings is 1. The van der Waals surface area contributed by atoms with Crippen molar-refractivity contribution in [2.75, 3.05) is 50.0 Å². The topological polar surface area (TPSA) is 45.2 Å². The molecule has 39 heavy (non-hydrogen) atoms. The van der Waals surface area contributed by atoms with E-state index in [1.54, 1.807) is 76.3 Å². The molecular weight excluding hydrogens is 551 g/mol. The van der Waals surface area contributed by atoms with Crippen LogP contribution in [-0.2, 0) is 10.9 Å². The molecule has 0 saturated carbocycles. The van der Waals surface area contributed by atoms with Crippen molar-refractivity contribution in [1.82, 2.24) is 9.21 Å². The minimum absolute atomic E-state index is 0.244. The lowest BCUT2D eigenvalue weighted by molar-refractivity contribution is -0.137. The maximum atomic E-state index is 13.6. The number of rotatable bonds is 8. The first kappa shape index (κ1) is 27.6. The summed E-state index contributed by atoms with van der Waals surface area (Å²) >= 11 is 7.59. The number of hydrogen-bond acceptors (Lipinski definition) is 5. The molecule has 0 aliphatic carbocycles. The Morgan fingerprint density at radius 2 is 1.64 bits per heavy atom. The Morgan fingerprint density at radius 1 is 0.974 bits per heavy atom. The van der Waals surface area contributed by atoms with Crippen LogP contribution in [0, 0.1) is 0 Å². The molecule has 6 nitrogen and oxygen atoms in total. The minimum Gasteiger partial charge on any atom is -0.457 e. The van der Waals surface area contributed by atoms with Gasteiger partial charge in [-0.1, -0.05) is 35.7 Å². The van der Waals surface area contributed by atoms with E-state index in [2.05, 4.69) is 4.31 Å². The van der Waals surface area contributed by atoms with Crippen molar-refractivity contribution in [2.45, 2.75) is 12.2 Å². The Kier molecular flexibility index (Phi) is 8.56. The van der Waals surface area contributed by atoms with Gasteiger partial charge in [-0.25, -0.2) is 9.10 Å². The van der Waals surface area contributed by atoms with Crippen LogP contribution in [0.2, 0.25) is 5.02 Å². The van der Waals surface area contributed by atoms with E-state index in [1.165, 1.54) is 6.07 Å². The third-order valence-electron chi connectivity index (χ3n) is 6.55. The Bertz CT molecular complexity index is 1270. The zero-order valence-corrected chi connectivity index (χ0v) is 22.5. The molecule has 1 unspecified atom stereocenters. The Hall–Kier alpha value is -2.92. The second-order valence-corrected chi connectivity index (χ2v) is 10.8. The summed E-state index contributed by atoms with van der Waals surface area (Å²) in [7, 11) is 0. The van der Waals surface area contributed by atoms with E-state index in [1.807, 2.05) is 0 Å². The second-order valence-electron chi connectivity index (χ2n) is 9.16. The van der Waals surface area contributed by atoms with Gasteiger partial charge in [-0.15, -0.1) is 0 Å². The summed E-state index contributed by atoms with van der Waals surface area (Å²) in [6.45, 7) is 3.76. The highest BCUT2D eigenvalue weighted by atomic mass is 35.5. The normalized spacial score (nSPS) is 18.6. The molecule has 0 radical (unpaired) electrons. The minimum atomic E-state index is -4.47. The van der Waals surface area contributed by atoms with Gasteiger partial charge in [-0.2, -0.15) is 13.2 Å². The number of hydrogen-bond donors (Lipinski definition) is 0. The van der Waals surface area contributed by atoms with Crippen molar-refractivity contribution in [1.29, 1.82) is 0 Å². The van der Waals surface area contributed by atoms with Crippen LogP contribution in [0.3, 0.4) is 0 Å². The number of carbonyl (C=O) groups excluding carboxylic acids is 1.